The summed E-state index contributed by atoms with van der Waals surface area (Å²) in [5, 5.41) is 3.35. The lowest BCUT2D eigenvalue weighted by Crippen LogP contribution is -2.42. The van der Waals surface area contributed by atoms with Crippen molar-refractivity contribution < 1.29 is 4.79 Å². The van der Waals surface area contributed by atoms with E-state index in [1.165, 1.54) is 11.1 Å². The van der Waals surface area contributed by atoms with Crippen LogP contribution in [0.5, 0.6) is 0 Å². The molecule has 2 rings (SSSR count). The van der Waals surface area contributed by atoms with Crippen LogP contribution in [-0.2, 0) is 11.2 Å². The number of hydrogen-bond donors (Lipinski definition) is 1. The lowest BCUT2D eigenvalue weighted by molar-refractivity contribution is -0.133. The highest BCUT2D eigenvalue weighted by molar-refractivity contribution is 9.10. The van der Waals surface area contributed by atoms with Crippen molar-refractivity contribution in [2.45, 2.75) is 45.6 Å². The molecule has 1 aliphatic heterocycles. The molecule has 0 radical (unpaired) electrons. The number of rotatable bonds is 6. The highest BCUT2D eigenvalue weighted by atomic mass is 79.9. The largest absolute Gasteiger partial charge is 0.338 e. The van der Waals surface area contributed by atoms with E-state index in [-0.39, 0.29) is 0 Å². The van der Waals surface area contributed by atoms with Crippen LogP contribution in [-0.4, -0.2) is 36.5 Å². The Hall–Kier alpha value is -0.870. The molecule has 1 atom stereocenters. The minimum atomic E-state index is 0.297. The van der Waals surface area contributed by atoms with Crippen molar-refractivity contribution in [2.75, 3.05) is 19.6 Å². The van der Waals surface area contributed by atoms with E-state index in [0.29, 0.717) is 18.4 Å². The summed E-state index contributed by atoms with van der Waals surface area (Å²) in [7, 11) is 0. The molecule has 1 heterocycles. The van der Waals surface area contributed by atoms with Gasteiger partial charge >= 0.3 is 0 Å². The Morgan fingerprint density at radius 2 is 2.29 bits per heavy atom. The first-order chi connectivity index (χ1) is 10.1. The summed E-state index contributed by atoms with van der Waals surface area (Å²) in [6.07, 6.45) is 3.55. The summed E-state index contributed by atoms with van der Waals surface area (Å²) in [5.41, 5.74) is 2.47. The fourth-order valence-electron chi connectivity index (χ4n) is 2.91. The van der Waals surface area contributed by atoms with Crippen LogP contribution in [0.2, 0.25) is 0 Å². The van der Waals surface area contributed by atoms with Gasteiger partial charge in [0.15, 0.2) is 0 Å². The van der Waals surface area contributed by atoms with E-state index in [2.05, 4.69) is 58.2 Å². The Morgan fingerprint density at radius 3 is 2.90 bits per heavy atom. The van der Waals surface area contributed by atoms with E-state index < -0.39 is 0 Å². The molecule has 0 saturated carbocycles. The lowest BCUT2D eigenvalue weighted by atomic mass is 10.1. The van der Waals surface area contributed by atoms with Gasteiger partial charge in [-0.3, -0.25) is 4.79 Å². The average molecular weight is 353 g/mol. The third kappa shape index (κ3) is 4.55. The van der Waals surface area contributed by atoms with Gasteiger partial charge in [-0.25, -0.2) is 0 Å². The third-order valence-electron chi connectivity index (χ3n) is 4.11. The molecule has 1 saturated heterocycles. The van der Waals surface area contributed by atoms with Crippen LogP contribution < -0.4 is 5.32 Å². The number of hydrogen-bond acceptors (Lipinski definition) is 2. The van der Waals surface area contributed by atoms with Crippen LogP contribution >= 0.6 is 15.9 Å². The molecule has 0 bridgehead atoms. The Bertz CT molecular complexity index is 484. The maximum atomic E-state index is 12.5. The Balaban J connectivity index is 1.93. The summed E-state index contributed by atoms with van der Waals surface area (Å²) in [5.74, 6) is 0.297. The average Bonchev–Trinajstić information content (AvgIpc) is 2.99. The molecule has 4 heteroatoms. The van der Waals surface area contributed by atoms with Crippen molar-refractivity contribution in [3.05, 3.63) is 33.8 Å². The van der Waals surface area contributed by atoms with E-state index in [1.807, 2.05) is 0 Å². The predicted octanol–water partition coefficient (Wildman–Crippen LogP) is 3.29. The zero-order valence-corrected chi connectivity index (χ0v) is 14.6. The molecular formula is C17H25BrN2O. The maximum Gasteiger partial charge on any atom is 0.223 e. The number of halogens is 1. The molecule has 1 amide bonds. The molecule has 3 nitrogen and oxygen atoms in total. The fraction of sp³-hybridized carbons (Fsp3) is 0.588. The van der Waals surface area contributed by atoms with Gasteiger partial charge in [0.2, 0.25) is 5.91 Å². The number of aryl methyl sites for hydroxylation is 2. The first kappa shape index (κ1) is 16.5. The summed E-state index contributed by atoms with van der Waals surface area (Å²) >= 11 is 3.52. The molecule has 1 aromatic rings. The van der Waals surface area contributed by atoms with Crippen LogP contribution in [0.4, 0.5) is 0 Å². The summed E-state index contributed by atoms with van der Waals surface area (Å²) in [4.78, 5) is 14.6. The highest BCUT2D eigenvalue weighted by Crippen LogP contribution is 2.19. The number of amides is 1. The number of nitrogens with zero attached hydrogens (tertiary/aromatic N) is 1. The SMILES string of the molecule is CCCN(C(=O)CCc1ccc(Br)c(C)c1)C1CCNC1. The van der Waals surface area contributed by atoms with E-state index in [0.717, 1.165) is 43.4 Å². The molecule has 0 aromatic heterocycles. The van der Waals surface area contributed by atoms with Gasteiger partial charge in [-0.05, 0) is 49.9 Å². The van der Waals surface area contributed by atoms with E-state index in [1.54, 1.807) is 0 Å². The lowest BCUT2D eigenvalue weighted by Gasteiger charge is -2.28. The zero-order chi connectivity index (χ0) is 15.2. The maximum absolute atomic E-state index is 12.5. The highest BCUT2D eigenvalue weighted by Gasteiger charge is 2.25. The van der Waals surface area contributed by atoms with Crippen molar-refractivity contribution in [1.82, 2.24) is 10.2 Å². The molecule has 1 fully saturated rings. The molecule has 21 heavy (non-hydrogen) atoms. The third-order valence-corrected chi connectivity index (χ3v) is 5.00. The molecule has 1 unspecified atom stereocenters. The second-order valence-electron chi connectivity index (χ2n) is 5.82. The number of nitrogens with one attached hydrogen (secondary N) is 1. The normalized spacial score (nSPS) is 18.0. The number of benzene rings is 1. The minimum Gasteiger partial charge on any atom is -0.338 e. The fourth-order valence-corrected chi connectivity index (χ4v) is 3.16. The molecule has 1 aromatic carbocycles. The summed E-state index contributed by atoms with van der Waals surface area (Å²) in [6.45, 7) is 7.08. The van der Waals surface area contributed by atoms with Gasteiger partial charge in [-0.2, -0.15) is 0 Å². The smallest absolute Gasteiger partial charge is 0.223 e. The Labute approximate surface area is 136 Å². The molecule has 0 aliphatic carbocycles. The zero-order valence-electron chi connectivity index (χ0n) is 13.0. The monoisotopic (exact) mass is 352 g/mol. The van der Waals surface area contributed by atoms with Gasteiger partial charge in [-0.15, -0.1) is 0 Å². The second-order valence-corrected chi connectivity index (χ2v) is 6.67. The van der Waals surface area contributed by atoms with Gasteiger partial charge in [0.1, 0.15) is 0 Å². The van der Waals surface area contributed by atoms with Gasteiger partial charge in [0.25, 0.3) is 0 Å². The van der Waals surface area contributed by atoms with Crippen LogP contribution in [0.15, 0.2) is 22.7 Å². The minimum absolute atomic E-state index is 0.297. The topological polar surface area (TPSA) is 32.3 Å². The molecule has 1 N–H and O–H groups in total. The first-order valence-corrected chi connectivity index (χ1v) is 8.66. The van der Waals surface area contributed by atoms with Crippen molar-refractivity contribution in [1.29, 1.82) is 0 Å². The Morgan fingerprint density at radius 1 is 1.48 bits per heavy atom. The quantitative estimate of drug-likeness (QED) is 0.851. The second kappa shape index (κ2) is 7.95. The van der Waals surface area contributed by atoms with Crippen LogP contribution in [0.25, 0.3) is 0 Å². The van der Waals surface area contributed by atoms with Crippen molar-refractivity contribution >= 4 is 21.8 Å². The number of carbonyl (C=O) groups excluding carboxylic acids is 1. The molecular weight excluding hydrogens is 328 g/mol. The van der Waals surface area contributed by atoms with Gasteiger partial charge in [-0.1, -0.05) is 35.0 Å². The molecule has 1 aliphatic rings. The molecule has 116 valence electrons. The van der Waals surface area contributed by atoms with Crippen LogP contribution in [0.1, 0.15) is 37.3 Å². The van der Waals surface area contributed by atoms with E-state index in [9.17, 15) is 4.79 Å². The summed E-state index contributed by atoms with van der Waals surface area (Å²) < 4.78 is 1.13. The summed E-state index contributed by atoms with van der Waals surface area (Å²) in [6, 6.07) is 6.73. The number of carbonyl (C=O) groups is 1. The van der Waals surface area contributed by atoms with E-state index in [4.69, 9.17) is 0 Å². The van der Waals surface area contributed by atoms with E-state index >= 15 is 0 Å². The standard InChI is InChI=1S/C17H25BrN2O/c1-3-10-20(15-8-9-19-12-15)17(21)7-5-14-4-6-16(18)13(2)11-14/h4,6,11,15,19H,3,5,7-10,12H2,1-2H3. The first-order valence-electron chi connectivity index (χ1n) is 7.87. The van der Waals surface area contributed by atoms with Crippen molar-refractivity contribution in [2.24, 2.45) is 0 Å². The van der Waals surface area contributed by atoms with Crippen molar-refractivity contribution in [3.8, 4) is 0 Å². The Kier molecular flexibility index (Phi) is 6.24. The predicted molar refractivity (Wildman–Crippen MR) is 90.5 cm³/mol. The van der Waals surface area contributed by atoms with Crippen LogP contribution in [0.3, 0.4) is 0 Å². The van der Waals surface area contributed by atoms with Gasteiger partial charge < -0.3 is 10.2 Å². The van der Waals surface area contributed by atoms with Crippen LogP contribution in [0, 0.1) is 6.92 Å². The van der Waals surface area contributed by atoms with Crippen molar-refractivity contribution in [3.63, 3.8) is 0 Å². The van der Waals surface area contributed by atoms with Gasteiger partial charge in [0, 0.05) is 30.0 Å². The molecule has 0 spiro atoms. The van der Waals surface area contributed by atoms with Gasteiger partial charge in [0.05, 0.1) is 0 Å².